The number of piperazine rings is 1. The van der Waals surface area contributed by atoms with Gasteiger partial charge in [-0.1, -0.05) is 0 Å². The summed E-state index contributed by atoms with van der Waals surface area (Å²) in [6, 6.07) is -1.69. The molecule has 4 amide bonds. The van der Waals surface area contributed by atoms with Crippen molar-refractivity contribution in [1.29, 1.82) is 0 Å². The second-order valence-corrected chi connectivity index (χ2v) is 7.44. The number of rotatable bonds is 4. The predicted molar refractivity (Wildman–Crippen MR) is 109 cm³/mol. The molecule has 0 aromatic carbocycles. The third-order valence-corrected chi connectivity index (χ3v) is 5.40. The number of piperidine rings is 1. The summed E-state index contributed by atoms with van der Waals surface area (Å²) in [7, 11) is 0. The minimum Gasteiger partial charge on any atom is -0.354 e. The van der Waals surface area contributed by atoms with Crippen molar-refractivity contribution in [3.8, 4) is 0 Å². The maximum absolute atomic E-state index is 13.2. The second kappa shape index (κ2) is 9.45. The van der Waals surface area contributed by atoms with Gasteiger partial charge in [0.2, 0.25) is 11.8 Å². The molecule has 0 aliphatic carbocycles. The van der Waals surface area contributed by atoms with E-state index in [9.17, 15) is 19.2 Å². The van der Waals surface area contributed by atoms with E-state index in [0.29, 0.717) is 13.0 Å². The minimum atomic E-state index is -1.01. The standard InChI is InChI=1S/C20H22N8O4/c29-17-13(2-1-3-25-17)26-18(30)16-12-27(19(31)14-10-21-4-6-23-14)8-9-28(16)20(32)15-11-22-5-7-24-15/h4-7,10-11,13,16H,1-3,8-9,12H2,(H,25,29)(H,26,30)/t13-,16-/m0/s1. The number of nitrogens with one attached hydrogen (secondary N) is 2. The number of amides is 4. The quantitative estimate of drug-likeness (QED) is 0.593. The Balaban J connectivity index is 1.56. The Morgan fingerprint density at radius 1 is 0.969 bits per heavy atom. The van der Waals surface area contributed by atoms with Gasteiger partial charge in [0, 0.05) is 44.4 Å². The fourth-order valence-corrected chi connectivity index (χ4v) is 3.74. The van der Waals surface area contributed by atoms with Crippen molar-refractivity contribution in [2.75, 3.05) is 26.2 Å². The van der Waals surface area contributed by atoms with Crippen molar-refractivity contribution in [3.05, 3.63) is 48.6 Å². The van der Waals surface area contributed by atoms with Gasteiger partial charge in [-0.05, 0) is 12.8 Å². The monoisotopic (exact) mass is 438 g/mol. The van der Waals surface area contributed by atoms with Crippen LogP contribution in [0.1, 0.15) is 33.8 Å². The Morgan fingerprint density at radius 3 is 2.28 bits per heavy atom. The predicted octanol–water partition coefficient (Wildman–Crippen LogP) is -1.37. The van der Waals surface area contributed by atoms with Crippen LogP contribution in [0.4, 0.5) is 0 Å². The van der Waals surface area contributed by atoms with Crippen LogP contribution in [0, 0.1) is 0 Å². The fourth-order valence-electron chi connectivity index (χ4n) is 3.74. The van der Waals surface area contributed by atoms with Gasteiger partial charge in [-0.2, -0.15) is 0 Å². The Hall–Kier alpha value is -3.96. The lowest BCUT2D eigenvalue weighted by Crippen LogP contribution is -2.63. The van der Waals surface area contributed by atoms with Crippen molar-refractivity contribution in [2.24, 2.45) is 0 Å². The molecule has 0 saturated carbocycles. The van der Waals surface area contributed by atoms with E-state index < -0.39 is 29.8 Å². The molecule has 0 bridgehead atoms. The number of nitrogens with zero attached hydrogens (tertiary/aromatic N) is 6. The topological polar surface area (TPSA) is 150 Å². The van der Waals surface area contributed by atoms with Crippen LogP contribution < -0.4 is 10.6 Å². The van der Waals surface area contributed by atoms with E-state index >= 15 is 0 Å². The SMILES string of the molecule is O=C1NCCC[C@@H]1NC(=O)[C@@H]1CN(C(=O)c2cnccn2)CCN1C(=O)c1cnccn1. The van der Waals surface area contributed by atoms with Crippen molar-refractivity contribution >= 4 is 23.6 Å². The zero-order valence-electron chi connectivity index (χ0n) is 17.2. The molecule has 4 rings (SSSR count). The number of aromatic nitrogens is 4. The molecule has 0 radical (unpaired) electrons. The van der Waals surface area contributed by atoms with Gasteiger partial charge in [0.25, 0.3) is 11.8 Å². The molecule has 166 valence electrons. The van der Waals surface area contributed by atoms with Crippen LogP contribution in [-0.2, 0) is 9.59 Å². The molecule has 2 fully saturated rings. The van der Waals surface area contributed by atoms with Crippen LogP contribution in [0.25, 0.3) is 0 Å². The van der Waals surface area contributed by atoms with Gasteiger partial charge in [0.1, 0.15) is 23.5 Å². The Kier molecular flexibility index (Phi) is 6.29. The molecule has 2 N–H and O–H groups in total. The van der Waals surface area contributed by atoms with Crippen LogP contribution >= 0.6 is 0 Å². The molecule has 2 aromatic heterocycles. The van der Waals surface area contributed by atoms with Crippen molar-refractivity contribution in [3.63, 3.8) is 0 Å². The zero-order chi connectivity index (χ0) is 22.5. The van der Waals surface area contributed by atoms with Crippen LogP contribution in [0.3, 0.4) is 0 Å². The van der Waals surface area contributed by atoms with E-state index in [1.165, 1.54) is 47.0 Å². The number of carbonyl (C=O) groups excluding carboxylic acids is 4. The van der Waals surface area contributed by atoms with Crippen LogP contribution in [-0.4, -0.2) is 91.6 Å². The average molecular weight is 438 g/mol. The summed E-state index contributed by atoms with van der Waals surface area (Å²) < 4.78 is 0. The lowest BCUT2D eigenvalue weighted by Gasteiger charge is -2.40. The summed E-state index contributed by atoms with van der Waals surface area (Å²) in [4.78, 5) is 69.9. The Labute approximate surface area is 183 Å². The van der Waals surface area contributed by atoms with Crippen molar-refractivity contribution in [2.45, 2.75) is 24.9 Å². The number of hydrogen-bond donors (Lipinski definition) is 2. The third-order valence-electron chi connectivity index (χ3n) is 5.40. The summed E-state index contributed by atoms with van der Waals surface area (Å²) in [5.74, 6) is -1.64. The smallest absolute Gasteiger partial charge is 0.274 e. The summed E-state index contributed by atoms with van der Waals surface area (Å²) in [6.45, 7) is 0.819. The highest BCUT2D eigenvalue weighted by Gasteiger charge is 2.39. The molecule has 0 unspecified atom stereocenters. The van der Waals surface area contributed by atoms with E-state index in [0.717, 1.165) is 6.42 Å². The highest BCUT2D eigenvalue weighted by Crippen LogP contribution is 2.16. The largest absolute Gasteiger partial charge is 0.354 e. The molecule has 4 heterocycles. The molecule has 0 spiro atoms. The average Bonchev–Trinajstić information content (AvgIpc) is 2.85. The normalized spacial score (nSPS) is 20.9. The summed E-state index contributed by atoms with van der Waals surface area (Å²) in [6.07, 6.45) is 9.62. The number of hydrogen-bond acceptors (Lipinski definition) is 8. The first-order valence-corrected chi connectivity index (χ1v) is 10.2. The van der Waals surface area contributed by atoms with E-state index in [-0.39, 0.29) is 36.9 Å². The van der Waals surface area contributed by atoms with Crippen LogP contribution in [0.15, 0.2) is 37.2 Å². The summed E-state index contributed by atoms with van der Waals surface area (Å²) >= 11 is 0. The molecule has 2 aromatic rings. The van der Waals surface area contributed by atoms with Crippen LogP contribution in [0.2, 0.25) is 0 Å². The Morgan fingerprint density at radius 2 is 1.66 bits per heavy atom. The first-order valence-electron chi connectivity index (χ1n) is 10.2. The summed E-state index contributed by atoms with van der Waals surface area (Å²) in [5.41, 5.74) is 0.237. The maximum atomic E-state index is 13.2. The van der Waals surface area contributed by atoms with Crippen molar-refractivity contribution in [1.82, 2.24) is 40.4 Å². The second-order valence-electron chi connectivity index (χ2n) is 7.44. The molecule has 2 saturated heterocycles. The minimum absolute atomic E-state index is 0.0540. The van der Waals surface area contributed by atoms with Gasteiger partial charge < -0.3 is 20.4 Å². The highest BCUT2D eigenvalue weighted by molar-refractivity contribution is 5.98. The zero-order valence-corrected chi connectivity index (χ0v) is 17.2. The number of carbonyl (C=O) groups is 4. The van der Waals surface area contributed by atoms with Gasteiger partial charge in [-0.25, -0.2) is 9.97 Å². The van der Waals surface area contributed by atoms with Gasteiger partial charge in [-0.3, -0.25) is 29.1 Å². The third kappa shape index (κ3) is 4.53. The molecule has 12 nitrogen and oxygen atoms in total. The lowest BCUT2D eigenvalue weighted by atomic mass is 10.0. The molecule has 2 aliphatic rings. The van der Waals surface area contributed by atoms with Gasteiger partial charge in [0.15, 0.2) is 0 Å². The first-order chi connectivity index (χ1) is 15.5. The van der Waals surface area contributed by atoms with E-state index in [4.69, 9.17) is 0 Å². The van der Waals surface area contributed by atoms with Gasteiger partial charge >= 0.3 is 0 Å². The first kappa shape index (κ1) is 21.3. The fraction of sp³-hybridized carbons (Fsp3) is 0.400. The molecule has 32 heavy (non-hydrogen) atoms. The van der Waals surface area contributed by atoms with E-state index in [1.807, 2.05) is 0 Å². The van der Waals surface area contributed by atoms with E-state index in [2.05, 4.69) is 30.6 Å². The molecular formula is C20H22N8O4. The molecule has 2 aliphatic heterocycles. The van der Waals surface area contributed by atoms with E-state index in [1.54, 1.807) is 0 Å². The molecule has 2 atom stereocenters. The van der Waals surface area contributed by atoms with Gasteiger partial charge in [-0.15, -0.1) is 0 Å². The Bertz CT molecular complexity index is 1000. The lowest BCUT2D eigenvalue weighted by molar-refractivity contribution is -0.133. The molecular weight excluding hydrogens is 416 g/mol. The van der Waals surface area contributed by atoms with Crippen molar-refractivity contribution < 1.29 is 19.2 Å². The highest BCUT2D eigenvalue weighted by atomic mass is 16.2. The van der Waals surface area contributed by atoms with Gasteiger partial charge in [0.05, 0.1) is 18.9 Å². The molecule has 12 heteroatoms. The summed E-state index contributed by atoms with van der Waals surface area (Å²) in [5, 5.41) is 5.44. The maximum Gasteiger partial charge on any atom is 0.274 e. The van der Waals surface area contributed by atoms with Crippen LogP contribution in [0.5, 0.6) is 0 Å².